The normalized spacial score (nSPS) is 17.8. The maximum Gasteiger partial charge on any atom is 0.494 e. The first-order chi connectivity index (χ1) is 13.4. The molecule has 1 heterocycles. The van der Waals surface area contributed by atoms with E-state index in [-0.39, 0.29) is 23.5 Å². The van der Waals surface area contributed by atoms with Crippen LogP contribution in [0.4, 0.5) is 13.2 Å². The Balaban J connectivity index is 1.81. The molecule has 0 saturated carbocycles. The van der Waals surface area contributed by atoms with Crippen LogP contribution in [0.5, 0.6) is 5.75 Å². The minimum atomic E-state index is -4.47. The van der Waals surface area contributed by atoms with Gasteiger partial charge in [0.05, 0.1) is 22.3 Å². The third kappa shape index (κ3) is 4.26. The van der Waals surface area contributed by atoms with Gasteiger partial charge in [-0.1, -0.05) is 24.3 Å². The summed E-state index contributed by atoms with van der Waals surface area (Å²) in [6, 6.07) is 12.0. The zero-order chi connectivity index (χ0) is 21.4. The molecule has 3 rings (SSSR count). The van der Waals surface area contributed by atoms with Crippen molar-refractivity contribution >= 4 is 12.6 Å². The third-order valence-corrected chi connectivity index (χ3v) is 5.36. The van der Waals surface area contributed by atoms with E-state index in [4.69, 9.17) is 14.0 Å². The van der Waals surface area contributed by atoms with Crippen LogP contribution in [-0.2, 0) is 22.1 Å². The van der Waals surface area contributed by atoms with Crippen LogP contribution in [0.15, 0.2) is 42.5 Å². The Bertz CT molecular complexity index is 935. The number of nitrogens with zero attached hydrogens (tertiary/aromatic N) is 1. The summed E-state index contributed by atoms with van der Waals surface area (Å²) in [6.07, 6.45) is -4.47. The minimum absolute atomic E-state index is 0.000995. The Morgan fingerprint density at radius 1 is 1.03 bits per heavy atom. The summed E-state index contributed by atoms with van der Waals surface area (Å²) in [5.41, 5.74) is -0.974. The minimum Gasteiger partial charge on any atom is -0.488 e. The number of benzene rings is 2. The summed E-state index contributed by atoms with van der Waals surface area (Å²) in [6.45, 7) is 7.39. The van der Waals surface area contributed by atoms with Gasteiger partial charge < -0.3 is 14.0 Å². The number of hydrogen-bond acceptors (Lipinski definition) is 4. The molecule has 0 N–H and O–H groups in total. The van der Waals surface area contributed by atoms with E-state index in [0.29, 0.717) is 5.46 Å². The van der Waals surface area contributed by atoms with Crippen LogP contribution < -0.4 is 10.2 Å². The molecule has 29 heavy (non-hydrogen) atoms. The second-order valence-corrected chi connectivity index (χ2v) is 7.90. The molecule has 0 aliphatic carbocycles. The fraction of sp³-hybridized carbons (Fsp3) is 0.381. The van der Waals surface area contributed by atoms with Crippen LogP contribution in [0.1, 0.15) is 44.4 Å². The second-order valence-electron chi connectivity index (χ2n) is 7.90. The van der Waals surface area contributed by atoms with Crippen molar-refractivity contribution < 1.29 is 27.2 Å². The van der Waals surface area contributed by atoms with Crippen molar-refractivity contribution in [2.75, 3.05) is 0 Å². The number of ether oxygens (including phenoxy) is 1. The lowest BCUT2D eigenvalue weighted by atomic mass is 9.78. The molecule has 2 aromatic carbocycles. The number of nitriles is 1. The van der Waals surface area contributed by atoms with E-state index in [9.17, 15) is 18.4 Å². The third-order valence-electron chi connectivity index (χ3n) is 5.36. The van der Waals surface area contributed by atoms with E-state index in [2.05, 4.69) is 0 Å². The summed E-state index contributed by atoms with van der Waals surface area (Å²) in [5, 5.41) is 9.48. The Hall–Kier alpha value is -2.50. The topological polar surface area (TPSA) is 51.5 Å². The van der Waals surface area contributed by atoms with Gasteiger partial charge in [-0.3, -0.25) is 0 Å². The average Bonchev–Trinajstić information content (AvgIpc) is 2.86. The molecular weight excluding hydrogens is 382 g/mol. The molecule has 1 aliphatic heterocycles. The summed E-state index contributed by atoms with van der Waals surface area (Å²) >= 11 is 0. The van der Waals surface area contributed by atoms with Gasteiger partial charge in [0.15, 0.2) is 0 Å². The summed E-state index contributed by atoms with van der Waals surface area (Å²) in [7, 11) is -0.646. The first-order valence-corrected chi connectivity index (χ1v) is 9.12. The molecule has 0 aromatic heterocycles. The molecule has 0 spiro atoms. The molecule has 1 aliphatic rings. The highest BCUT2D eigenvalue weighted by molar-refractivity contribution is 6.62. The van der Waals surface area contributed by atoms with Crippen molar-refractivity contribution in [2.24, 2.45) is 0 Å². The van der Waals surface area contributed by atoms with Crippen LogP contribution >= 0.6 is 0 Å². The highest BCUT2D eigenvalue weighted by Crippen LogP contribution is 2.37. The van der Waals surface area contributed by atoms with Crippen molar-refractivity contribution in [3.8, 4) is 11.8 Å². The van der Waals surface area contributed by atoms with E-state index in [1.165, 1.54) is 18.2 Å². The van der Waals surface area contributed by atoms with Crippen molar-refractivity contribution in [3.63, 3.8) is 0 Å². The first-order valence-electron chi connectivity index (χ1n) is 9.12. The van der Waals surface area contributed by atoms with E-state index >= 15 is 0 Å². The summed E-state index contributed by atoms with van der Waals surface area (Å²) < 4.78 is 56.9. The molecule has 1 fully saturated rings. The maximum absolute atomic E-state index is 13.1. The Morgan fingerprint density at radius 2 is 1.66 bits per heavy atom. The molecule has 1 saturated heterocycles. The zero-order valence-corrected chi connectivity index (χ0v) is 16.6. The second kappa shape index (κ2) is 7.40. The summed E-state index contributed by atoms with van der Waals surface area (Å²) in [5.74, 6) is 0.199. The molecule has 4 nitrogen and oxygen atoms in total. The van der Waals surface area contributed by atoms with Gasteiger partial charge in [-0.2, -0.15) is 18.4 Å². The van der Waals surface area contributed by atoms with Gasteiger partial charge in [-0.15, -0.1) is 0 Å². The number of rotatable bonds is 4. The predicted octanol–water partition coefficient (Wildman–Crippen LogP) is 4.46. The van der Waals surface area contributed by atoms with Gasteiger partial charge in [0.2, 0.25) is 0 Å². The number of hydrogen-bond donors (Lipinski definition) is 0. The Labute approximate surface area is 168 Å². The largest absolute Gasteiger partial charge is 0.494 e. The van der Waals surface area contributed by atoms with E-state index < -0.39 is 30.1 Å². The number of halogens is 3. The SMILES string of the molecule is CC1(C)OB(c2ccc(OCc3ccccc3C(F)(F)F)c(C#N)c2)OC1(C)C. The molecule has 0 amide bonds. The molecule has 0 bridgehead atoms. The number of alkyl halides is 3. The van der Waals surface area contributed by atoms with Crippen LogP contribution in [0.3, 0.4) is 0 Å². The van der Waals surface area contributed by atoms with Crippen LogP contribution in [0.25, 0.3) is 0 Å². The van der Waals surface area contributed by atoms with E-state index in [1.807, 2.05) is 33.8 Å². The molecular formula is C21H21BF3NO3. The van der Waals surface area contributed by atoms with Crippen molar-refractivity contribution in [1.82, 2.24) is 0 Å². The molecule has 152 valence electrons. The summed E-state index contributed by atoms with van der Waals surface area (Å²) in [4.78, 5) is 0. The van der Waals surface area contributed by atoms with Gasteiger partial charge >= 0.3 is 13.3 Å². The van der Waals surface area contributed by atoms with Gasteiger partial charge in [0, 0.05) is 5.56 Å². The molecule has 0 radical (unpaired) electrons. The molecule has 0 unspecified atom stereocenters. The first kappa shape index (κ1) is 21.2. The standard InChI is InChI=1S/C21H21BF3NO3/c1-19(2)20(3,4)29-22(28-19)16-9-10-18(15(11-16)12-26)27-13-14-7-5-6-8-17(14)21(23,24)25/h5-11H,13H2,1-4H3. The lowest BCUT2D eigenvalue weighted by Crippen LogP contribution is -2.41. The molecule has 8 heteroatoms. The molecule has 0 atom stereocenters. The fourth-order valence-electron chi connectivity index (χ4n) is 2.96. The zero-order valence-electron chi connectivity index (χ0n) is 16.6. The van der Waals surface area contributed by atoms with Gasteiger partial charge in [-0.05, 0) is 51.4 Å². The molecule has 2 aromatic rings. The lowest BCUT2D eigenvalue weighted by Gasteiger charge is -2.32. The lowest BCUT2D eigenvalue weighted by molar-refractivity contribution is -0.138. The van der Waals surface area contributed by atoms with Crippen LogP contribution in [0, 0.1) is 11.3 Å². The van der Waals surface area contributed by atoms with Crippen molar-refractivity contribution in [2.45, 2.75) is 51.7 Å². The van der Waals surface area contributed by atoms with E-state index in [1.54, 1.807) is 18.2 Å². The van der Waals surface area contributed by atoms with Crippen LogP contribution in [-0.4, -0.2) is 18.3 Å². The monoisotopic (exact) mass is 403 g/mol. The quantitative estimate of drug-likeness (QED) is 0.708. The Morgan fingerprint density at radius 3 is 2.24 bits per heavy atom. The smallest absolute Gasteiger partial charge is 0.488 e. The maximum atomic E-state index is 13.1. The van der Waals surface area contributed by atoms with Crippen molar-refractivity contribution in [1.29, 1.82) is 5.26 Å². The van der Waals surface area contributed by atoms with E-state index in [0.717, 1.165) is 6.07 Å². The van der Waals surface area contributed by atoms with Gasteiger partial charge in [0.25, 0.3) is 0 Å². The highest BCUT2D eigenvalue weighted by atomic mass is 19.4. The van der Waals surface area contributed by atoms with Gasteiger partial charge in [-0.25, -0.2) is 0 Å². The highest BCUT2D eigenvalue weighted by Gasteiger charge is 2.51. The Kier molecular flexibility index (Phi) is 5.41. The fourth-order valence-corrected chi connectivity index (χ4v) is 2.96. The predicted molar refractivity (Wildman–Crippen MR) is 103 cm³/mol. The van der Waals surface area contributed by atoms with Crippen LogP contribution in [0.2, 0.25) is 0 Å². The van der Waals surface area contributed by atoms with Gasteiger partial charge in [0.1, 0.15) is 18.4 Å². The average molecular weight is 403 g/mol. The van der Waals surface area contributed by atoms with Crippen molar-refractivity contribution in [3.05, 3.63) is 59.2 Å².